The molecule has 1 aliphatic carbocycles. The minimum atomic E-state index is 0.738. The van der Waals surface area contributed by atoms with E-state index in [1.807, 2.05) is 11.3 Å². The largest absolute Gasteiger partial charge is 0.384 e. The van der Waals surface area contributed by atoms with Crippen molar-refractivity contribution in [3.63, 3.8) is 0 Å². The molecule has 0 atom stereocenters. The van der Waals surface area contributed by atoms with Crippen LogP contribution in [0.3, 0.4) is 0 Å². The summed E-state index contributed by atoms with van der Waals surface area (Å²) in [5.41, 5.74) is 2.38. The van der Waals surface area contributed by atoms with E-state index in [0.29, 0.717) is 0 Å². The smallest absolute Gasteiger partial charge is 0.0958 e. The minimum Gasteiger partial charge on any atom is -0.384 e. The highest BCUT2D eigenvalue weighted by Crippen LogP contribution is 2.29. The van der Waals surface area contributed by atoms with Gasteiger partial charge in [-0.05, 0) is 19.3 Å². The van der Waals surface area contributed by atoms with Gasteiger partial charge in [-0.2, -0.15) is 0 Å². The van der Waals surface area contributed by atoms with Crippen LogP contribution in [0.5, 0.6) is 0 Å². The predicted octanol–water partition coefficient (Wildman–Crippen LogP) is 3.29. The van der Waals surface area contributed by atoms with Gasteiger partial charge in [-0.25, -0.2) is 4.98 Å². The second-order valence-electron chi connectivity index (χ2n) is 5.47. The Labute approximate surface area is 130 Å². The number of aromatic nitrogens is 1. The maximum atomic E-state index is 5.18. The summed E-state index contributed by atoms with van der Waals surface area (Å²) in [4.78, 5) is 6.23. The van der Waals surface area contributed by atoms with Crippen molar-refractivity contribution >= 4 is 11.3 Å². The third-order valence-electron chi connectivity index (χ3n) is 3.67. The highest BCUT2D eigenvalue weighted by atomic mass is 32.1. The van der Waals surface area contributed by atoms with Gasteiger partial charge in [-0.3, -0.25) is 0 Å². The zero-order valence-electron chi connectivity index (χ0n) is 12.5. The molecule has 0 saturated heterocycles. The first kappa shape index (κ1) is 14.7. The molecule has 112 valence electrons. The molecule has 0 bridgehead atoms. The molecule has 21 heavy (non-hydrogen) atoms. The van der Waals surface area contributed by atoms with Crippen molar-refractivity contribution < 1.29 is 4.74 Å². The van der Waals surface area contributed by atoms with Crippen LogP contribution in [-0.4, -0.2) is 31.3 Å². The number of rotatable bonds is 8. The molecule has 0 spiro atoms. The van der Waals surface area contributed by atoms with Crippen LogP contribution in [0.1, 0.15) is 22.7 Å². The molecule has 1 aliphatic rings. The summed E-state index contributed by atoms with van der Waals surface area (Å²) in [6, 6.07) is 11.3. The fourth-order valence-electron chi connectivity index (χ4n) is 2.37. The van der Waals surface area contributed by atoms with E-state index in [0.717, 1.165) is 37.7 Å². The summed E-state index contributed by atoms with van der Waals surface area (Å²) < 4.78 is 5.18. The monoisotopic (exact) mass is 302 g/mol. The van der Waals surface area contributed by atoms with Crippen molar-refractivity contribution in [2.24, 2.45) is 0 Å². The van der Waals surface area contributed by atoms with Crippen molar-refractivity contribution in [2.45, 2.75) is 31.7 Å². The van der Waals surface area contributed by atoms with Crippen LogP contribution in [0.4, 0.5) is 0 Å². The van der Waals surface area contributed by atoms with E-state index >= 15 is 0 Å². The summed E-state index contributed by atoms with van der Waals surface area (Å²) in [6.45, 7) is 1.79. The van der Waals surface area contributed by atoms with Gasteiger partial charge in [0.1, 0.15) is 0 Å². The molecule has 0 radical (unpaired) electrons. The molecular weight excluding hydrogens is 280 g/mol. The van der Waals surface area contributed by atoms with Crippen LogP contribution in [0.25, 0.3) is 11.3 Å². The molecule has 1 heterocycles. The molecule has 2 aromatic rings. The second-order valence-corrected chi connectivity index (χ2v) is 6.63. The average Bonchev–Trinajstić information content (AvgIpc) is 3.25. The van der Waals surface area contributed by atoms with Crippen molar-refractivity contribution in [1.29, 1.82) is 0 Å². The molecule has 1 N–H and O–H groups in total. The zero-order chi connectivity index (χ0) is 14.5. The maximum absolute atomic E-state index is 5.18. The van der Waals surface area contributed by atoms with Crippen molar-refractivity contribution in [3.05, 3.63) is 40.2 Å². The summed E-state index contributed by atoms with van der Waals surface area (Å²) >= 11 is 1.84. The third kappa shape index (κ3) is 4.13. The normalized spacial score (nSPS) is 14.5. The van der Waals surface area contributed by atoms with Crippen LogP contribution >= 0.6 is 11.3 Å². The van der Waals surface area contributed by atoms with Gasteiger partial charge in [-0.15, -0.1) is 11.3 Å². The van der Waals surface area contributed by atoms with E-state index in [4.69, 9.17) is 9.72 Å². The van der Waals surface area contributed by atoms with Gasteiger partial charge in [0.2, 0.25) is 0 Å². The lowest BCUT2D eigenvalue weighted by molar-refractivity contribution is 0.202. The molecule has 3 rings (SSSR count). The van der Waals surface area contributed by atoms with Crippen LogP contribution in [-0.2, 0) is 17.6 Å². The van der Waals surface area contributed by atoms with E-state index in [9.17, 15) is 0 Å². The third-order valence-corrected chi connectivity index (χ3v) is 4.85. The molecule has 0 aliphatic heterocycles. The van der Waals surface area contributed by atoms with Gasteiger partial charge >= 0.3 is 0 Å². The first-order chi connectivity index (χ1) is 10.4. The number of thiazole rings is 1. The quantitative estimate of drug-likeness (QED) is 0.812. The Bertz CT molecular complexity index is 563. The van der Waals surface area contributed by atoms with Gasteiger partial charge in [0.05, 0.1) is 17.3 Å². The molecular formula is C17H22N2OS. The molecule has 1 aromatic carbocycles. The van der Waals surface area contributed by atoms with E-state index in [1.54, 1.807) is 7.11 Å². The summed E-state index contributed by atoms with van der Waals surface area (Å²) in [5.74, 6) is 0. The lowest BCUT2D eigenvalue weighted by Gasteiger charge is -2.03. The number of hydrogen-bond donors (Lipinski definition) is 1. The van der Waals surface area contributed by atoms with Crippen molar-refractivity contribution in [3.8, 4) is 11.3 Å². The molecule has 0 unspecified atom stereocenters. The number of methoxy groups -OCH3 is 1. The Hall–Kier alpha value is -1.23. The molecule has 4 heteroatoms. The van der Waals surface area contributed by atoms with Crippen molar-refractivity contribution in [2.75, 3.05) is 20.3 Å². The molecule has 3 nitrogen and oxygen atoms in total. The van der Waals surface area contributed by atoms with Crippen LogP contribution < -0.4 is 5.32 Å². The average molecular weight is 302 g/mol. The lowest BCUT2D eigenvalue weighted by atomic mass is 10.1. The van der Waals surface area contributed by atoms with Gasteiger partial charge in [0.25, 0.3) is 0 Å². The van der Waals surface area contributed by atoms with Gasteiger partial charge in [-0.1, -0.05) is 30.3 Å². The van der Waals surface area contributed by atoms with Gasteiger partial charge in [0.15, 0.2) is 0 Å². The molecule has 1 aromatic heterocycles. The summed E-state index contributed by atoms with van der Waals surface area (Å²) in [5, 5.41) is 4.77. The standard InChI is InChI=1S/C17H22N2OS/c1-20-12-10-16-19-17(13-5-3-2-4-6-13)15(21-16)9-11-18-14-7-8-14/h2-6,14,18H,7-12H2,1H3. The molecule has 1 saturated carbocycles. The Morgan fingerprint density at radius 1 is 1.24 bits per heavy atom. The number of ether oxygens (including phenoxy) is 1. The van der Waals surface area contributed by atoms with Gasteiger partial charge < -0.3 is 10.1 Å². The fourth-order valence-corrected chi connectivity index (χ4v) is 3.44. The number of hydrogen-bond acceptors (Lipinski definition) is 4. The Morgan fingerprint density at radius 2 is 2.05 bits per heavy atom. The number of nitrogens with zero attached hydrogens (tertiary/aromatic N) is 1. The van der Waals surface area contributed by atoms with E-state index in [1.165, 1.54) is 28.3 Å². The molecule has 1 fully saturated rings. The Kier molecular flexibility index (Phi) is 5.01. The minimum absolute atomic E-state index is 0.738. The Morgan fingerprint density at radius 3 is 2.76 bits per heavy atom. The maximum Gasteiger partial charge on any atom is 0.0958 e. The highest BCUT2D eigenvalue weighted by Gasteiger charge is 2.20. The topological polar surface area (TPSA) is 34.1 Å². The Balaban J connectivity index is 1.75. The zero-order valence-corrected chi connectivity index (χ0v) is 13.3. The fraction of sp³-hybridized carbons (Fsp3) is 0.471. The summed E-state index contributed by atoms with van der Waals surface area (Å²) in [6.07, 6.45) is 4.64. The first-order valence-electron chi connectivity index (χ1n) is 7.63. The highest BCUT2D eigenvalue weighted by molar-refractivity contribution is 7.12. The first-order valence-corrected chi connectivity index (χ1v) is 8.45. The lowest BCUT2D eigenvalue weighted by Crippen LogP contribution is -2.19. The van der Waals surface area contributed by atoms with E-state index < -0.39 is 0 Å². The predicted molar refractivity (Wildman–Crippen MR) is 87.9 cm³/mol. The van der Waals surface area contributed by atoms with Crippen LogP contribution in [0, 0.1) is 0 Å². The van der Waals surface area contributed by atoms with E-state index in [-0.39, 0.29) is 0 Å². The summed E-state index contributed by atoms with van der Waals surface area (Å²) in [7, 11) is 1.74. The second kappa shape index (κ2) is 7.16. The number of nitrogens with one attached hydrogen (secondary N) is 1. The van der Waals surface area contributed by atoms with Crippen LogP contribution in [0.2, 0.25) is 0 Å². The van der Waals surface area contributed by atoms with Crippen molar-refractivity contribution in [1.82, 2.24) is 10.3 Å². The SMILES string of the molecule is COCCc1nc(-c2ccccc2)c(CCNC2CC2)s1. The molecule has 0 amide bonds. The van der Waals surface area contributed by atoms with Gasteiger partial charge in [0, 0.05) is 36.6 Å². The van der Waals surface area contributed by atoms with Crippen LogP contribution in [0.15, 0.2) is 30.3 Å². The van der Waals surface area contributed by atoms with E-state index in [2.05, 4.69) is 35.6 Å². The number of benzene rings is 1.